The van der Waals surface area contributed by atoms with Crippen molar-refractivity contribution in [3.8, 4) is 0 Å². The first-order valence-corrected chi connectivity index (χ1v) is 7.32. The maximum absolute atomic E-state index is 12.1. The SMILES string of the molecule is Cc1cc(NC(=O)c2ccc(Br)cc2Cl)ncc1Br. The monoisotopic (exact) mass is 402 g/mol. The van der Waals surface area contributed by atoms with Crippen molar-refractivity contribution < 1.29 is 4.79 Å². The van der Waals surface area contributed by atoms with Gasteiger partial charge in [0, 0.05) is 15.1 Å². The third-order valence-electron chi connectivity index (χ3n) is 2.46. The van der Waals surface area contributed by atoms with Crippen LogP contribution in [0.4, 0.5) is 5.82 Å². The molecule has 98 valence electrons. The van der Waals surface area contributed by atoms with Crippen molar-refractivity contribution in [1.82, 2.24) is 4.98 Å². The highest BCUT2D eigenvalue weighted by molar-refractivity contribution is 9.10. The van der Waals surface area contributed by atoms with E-state index in [4.69, 9.17) is 11.6 Å². The van der Waals surface area contributed by atoms with E-state index in [2.05, 4.69) is 42.2 Å². The zero-order chi connectivity index (χ0) is 14.0. The Morgan fingerprint density at radius 3 is 2.68 bits per heavy atom. The molecule has 2 aromatic rings. The zero-order valence-corrected chi connectivity index (χ0v) is 13.8. The van der Waals surface area contributed by atoms with Gasteiger partial charge in [-0.2, -0.15) is 0 Å². The van der Waals surface area contributed by atoms with E-state index in [1.54, 1.807) is 30.5 Å². The number of pyridine rings is 1. The van der Waals surface area contributed by atoms with E-state index < -0.39 is 0 Å². The molecule has 0 fully saturated rings. The van der Waals surface area contributed by atoms with Crippen molar-refractivity contribution in [3.05, 3.63) is 55.6 Å². The Labute approximate surface area is 132 Å². The number of hydrogen-bond donors (Lipinski definition) is 1. The van der Waals surface area contributed by atoms with Gasteiger partial charge < -0.3 is 5.32 Å². The van der Waals surface area contributed by atoms with Gasteiger partial charge in [0.1, 0.15) is 5.82 Å². The van der Waals surface area contributed by atoms with Crippen molar-refractivity contribution in [2.45, 2.75) is 6.92 Å². The second-order valence-electron chi connectivity index (χ2n) is 3.90. The molecule has 6 heteroatoms. The average molecular weight is 404 g/mol. The molecule has 0 saturated carbocycles. The second-order valence-corrected chi connectivity index (χ2v) is 6.07. The highest BCUT2D eigenvalue weighted by Gasteiger charge is 2.11. The van der Waals surface area contributed by atoms with Gasteiger partial charge in [-0.1, -0.05) is 27.5 Å². The van der Waals surface area contributed by atoms with E-state index in [1.807, 2.05) is 6.92 Å². The average Bonchev–Trinajstić information content (AvgIpc) is 2.33. The highest BCUT2D eigenvalue weighted by Crippen LogP contribution is 2.23. The van der Waals surface area contributed by atoms with Crippen molar-refractivity contribution >= 4 is 55.2 Å². The molecule has 0 aliphatic rings. The molecule has 0 spiro atoms. The maximum atomic E-state index is 12.1. The summed E-state index contributed by atoms with van der Waals surface area (Å²) in [5, 5.41) is 3.11. The summed E-state index contributed by atoms with van der Waals surface area (Å²) in [4.78, 5) is 16.2. The maximum Gasteiger partial charge on any atom is 0.258 e. The summed E-state index contributed by atoms with van der Waals surface area (Å²) in [7, 11) is 0. The Bertz CT molecular complexity index is 647. The van der Waals surface area contributed by atoms with Crippen LogP contribution in [-0.2, 0) is 0 Å². The van der Waals surface area contributed by atoms with Crippen molar-refractivity contribution in [2.24, 2.45) is 0 Å². The van der Waals surface area contributed by atoms with Gasteiger partial charge in [-0.3, -0.25) is 4.79 Å². The minimum Gasteiger partial charge on any atom is -0.307 e. The van der Waals surface area contributed by atoms with Gasteiger partial charge in [0.25, 0.3) is 5.91 Å². The molecule has 1 aromatic carbocycles. The number of rotatable bonds is 2. The van der Waals surface area contributed by atoms with Gasteiger partial charge in [-0.25, -0.2) is 4.98 Å². The molecule has 1 aromatic heterocycles. The number of nitrogens with one attached hydrogen (secondary N) is 1. The number of benzene rings is 1. The first-order chi connectivity index (χ1) is 8.97. The van der Waals surface area contributed by atoms with Crippen LogP contribution in [0.25, 0.3) is 0 Å². The van der Waals surface area contributed by atoms with Crippen LogP contribution in [0.3, 0.4) is 0 Å². The van der Waals surface area contributed by atoms with E-state index in [1.165, 1.54) is 0 Å². The fraction of sp³-hybridized carbons (Fsp3) is 0.0769. The summed E-state index contributed by atoms with van der Waals surface area (Å²) in [6.45, 7) is 1.92. The molecule has 0 atom stereocenters. The van der Waals surface area contributed by atoms with Crippen LogP contribution < -0.4 is 5.32 Å². The number of nitrogens with zero attached hydrogens (tertiary/aromatic N) is 1. The van der Waals surface area contributed by atoms with Crippen LogP contribution in [-0.4, -0.2) is 10.9 Å². The molecule has 1 amide bonds. The number of carbonyl (C=O) groups excluding carboxylic acids is 1. The lowest BCUT2D eigenvalue weighted by Gasteiger charge is -2.07. The lowest BCUT2D eigenvalue weighted by Crippen LogP contribution is -2.13. The predicted molar refractivity (Wildman–Crippen MR) is 83.8 cm³/mol. The first kappa shape index (κ1) is 14.5. The molecule has 1 N–H and O–H groups in total. The Balaban J connectivity index is 2.23. The summed E-state index contributed by atoms with van der Waals surface area (Å²) >= 11 is 12.7. The van der Waals surface area contributed by atoms with Gasteiger partial charge in [0.15, 0.2) is 0 Å². The molecule has 0 aliphatic heterocycles. The van der Waals surface area contributed by atoms with E-state index in [0.29, 0.717) is 16.4 Å². The zero-order valence-electron chi connectivity index (χ0n) is 9.88. The second kappa shape index (κ2) is 6.03. The molecule has 0 aliphatic carbocycles. The number of halogens is 3. The smallest absolute Gasteiger partial charge is 0.258 e. The van der Waals surface area contributed by atoms with Gasteiger partial charge in [0.05, 0.1) is 10.6 Å². The molecule has 2 rings (SSSR count). The van der Waals surface area contributed by atoms with E-state index in [9.17, 15) is 4.79 Å². The lowest BCUT2D eigenvalue weighted by molar-refractivity contribution is 0.102. The molecule has 3 nitrogen and oxygen atoms in total. The summed E-state index contributed by atoms with van der Waals surface area (Å²) < 4.78 is 1.72. The number of aryl methyl sites for hydroxylation is 1. The van der Waals surface area contributed by atoms with Crippen LogP contribution >= 0.6 is 43.5 Å². The third-order valence-corrected chi connectivity index (χ3v) is 4.10. The molecule has 19 heavy (non-hydrogen) atoms. The topological polar surface area (TPSA) is 42.0 Å². The molecule has 0 saturated heterocycles. The Hall–Kier alpha value is -0.910. The van der Waals surface area contributed by atoms with Crippen molar-refractivity contribution in [1.29, 1.82) is 0 Å². The summed E-state index contributed by atoms with van der Waals surface area (Å²) in [6.07, 6.45) is 1.65. The summed E-state index contributed by atoms with van der Waals surface area (Å²) in [5.74, 6) is 0.205. The van der Waals surface area contributed by atoms with Crippen molar-refractivity contribution in [3.63, 3.8) is 0 Å². The summed E-state index contributed by atoms with van der Waals surface area (Å²) in [6, 6.07) is 6.89. The largest absolute Gasteiger partial charge is 0.307 e. The highest BCUT2D eigenvalue weighted by atomic mass is 79.9. The molecule has 1 heterocycles. The van der Waals surface area contributed by atoms with Gasteiger partial charge >= 0.3 is 0 Å². The van der Waals surface area contributed by atoms with Crippen molar-refractivity contribution in [2.75, 3.05) is 5.32 Å². The minimum absolute atomic E-state index is 0.285. The van der Waals surface area contributed by atoms with E-state index in [0.717, 1.165) is 14.5 Å². The Kier molecular flexibility index (Phi) is 4.60. The fourth-order valence-electron chi connectivity index (χ4n) is 1.46. The normalized spacial score (nSPS) is 10.3. The number of carbonyl (C=O) groups is 1. The van der Waals surface area contributed by atoms with Crippen LogP contribution in [0.1, 0.15) is 15.9 Å². The van der Waals surface area contributed by atoms with Gasteiger partial charge in [0.2, 0.25) is 0 Å². The number of anilines is 1. The Morgan fingerprint density at radius 1 is 1.32 bits per heavy atom. The molecule has 0 unspecified atom stereocenters. The van der Waals surface area contributed by atoms with Crippen LogP contribution in [0.2, 0.25) is 5.02 Å². The fourth-order valence-corrected chi connectivity index (χ4v) is 2.44. The standard InChI is InChI=1S/C13H9Br2ClN2O/c1-7-4-12(17-6-10(7)15)18-13(19)9-3-2-8(14)5-11(9)16/h2-6H,1H3,(H,17,18,19). The van der Waals surface area contributed by atoms with E-state index >= 15 is 0 Å². The number of hydrogen-bond acceptors (Lipinski definition) is 2. The van der Waals surface area contributed by atoms with Crippen LogP contribution in [0, 0.1) is 6.92 Å². The molecular weight excluding hydrogens is 395 g/mol. The minimum atomic E-state index is -0.285. The van der Waals surface area contributed by atoms with Gasteiger partial charge in [-0.05, 0) is 52.7 Å². The lowest BCUT2D eigenvalue weighted by atomic mass is 10.2. The number of aromatic nitrogens is 1. The predicted octanol–water partition coefficient (Wildman–Crippen LogP) is 4.82. The molecular formula is C13H9Br2ClN2O. The molecule has 0 radical (unpaired) electrons. The van der Waals surface area contributed by atoms with Gasteiger partial charge in [-0.15, -0.1) is 0 Å². The third kappa shape index (κ3) is 3.55. The first-order valence-electron chi connectivity index (χ1n) is 5.36. The van der Waals surface area contributed by atoms with Crippen LogP contribution in [0.15, 0.2) is 39.4 Å². The van der Waals surface area contributed by atoms with E-state index in [-0.39, 0.29) is 5.91 Å². The quantitative estimate of drug-likeness (QED) is 0.780. The summed E-state index contributed by atoms with van der Waals surface area (Å²) in [5.41, 5.74) is 1.40. The number of amides is 1. The Morgan fingerprint density at radius 2 is 2.05 bits per heavy atom. The molecule has 0 bridgehead atoms. The van der Waals surface area contributed by atoms with Crippen LogP contribution in [0.5, 0.6) is 0 Å².